The molecule has 1 aliphatic heterocycles. The van der Waals surface area contributed by atoms with E-state index in [4.69, 9.17) is 4.42 Å². The minimum Gasteiger partial charge on any atom is -0.461 e. The van der Waals surface area contributed by atoms with Gasteiger partial charge in [0.15, 0.2) is 11.7 Å². The fraction of sp³-hybridized carbons (Fsp3) is 0.435. The number of benzene rings is 1. The average molecular weight is 422 g/mol. The molecule has 3 heterocycles. The Morgan fingerprint density at radius 2 is 2.13 bits per heavy atom. The van der Waals surface area contributed by atoms with Gasteiger partial charge in [0.05, 0.1) is 6.26 Å². The van der Waals surface area contributed by atoms with Crippen molar-refractivity contribution >= 4 is 5.96 Å². The van der Waals surface area contributed by atoms with E-state index in [-0.39, 0.29) is 0 Å². The molecule has 4 rings (SSSR count). The Labute approximate surface area is 183 Å². The van der Waals surface area contributed by atoms with Crippen LogP contribution in [-0.2, 0) is 13.1 Å². The van der Waals surface area contributed by atoms with Crippen molar-refractivity contribution in [3.05, 3.63) is 59.6 Å². The highest BCUT2D eigenvalue weighted by molar-refractivity contribution is 5.80. The summed E-state index contributed by atoms with van der Waals surface area (Å²) in [5.41, 5.74) is 2.71. The zero-order chi connectivity index (χ0) is 21.5. The third kappa shape index (κ3) is 5.95. The summed E-state index contributed by atoms with van der Waals surface area (Å²) in [5, 5.41) is 14.1. The van der Waals surface area contributed by atoms with E-state index in [0.29, 0.717) is 30.0 Å². The molecule has 2 aromatic heterocycles. The van der Waals surface area contributed by atoms with Gasteiger partial charge in [-0.1, -0.05) is 29.8 Å². The van der Waals surface area contributed by atoms with Crippen molar-refractivity contribution < 1.29 is 4.42 Å². The Kier molecular flexibility index (Phi) is 6.99. The molecule has 0 radical (unpaired) electrons. The topological polar surface area (TPSA) is 94.4 Å². The number of rotatable bonds is 7. The number of aryl methyl sites for hydroxylation is 1. The maximum absolute atomic E-state index is 5.34. The van der Waals surface area contributed by atoms with Crippen molar-refractivity contribution in [2.45, 2.75) is 45.8 Å². The van der Waals surface area contributed by atoms with Crippen LogP contribution < -0.4 is 10.6 Å². The van der Waals surface area contributed by atoms with Gasteiger partial charge < -0.3 is 15.1 Å². The predicted molar refractivity (Wildman–Crippen MR) is 122 cm³/mol. The normalized spacial score (nSPS) is 15.9. The van der Waals surface area contributed by atoms with Crippen molar-refractivity contribution in [2.75, 3.05) is 19.6 Å². The smallest absolute Gasteiger partial charge is 0.216 e. The van der Waals surface area contributed by atoms with Gasteiger partial charge in [0, 0.05) is 32.2 Å². The maximum atomic E-state index is 5.34. The number of hydrogen-bond donors (Lipinski definition) is 3. The predicted octanol–water partition coefficient (Wildman–Crippen LogP) is 3.09. The fourth-order valence-corrected chi connectivity index (χ4v) is 3.85. The number of nitrogens with zero attached hydrogens (tertiary/aromatic N) is 4. The van der Waals surface area contributed by atoms with Crippen molar-refractivity contribution in [3.8, 4) is 11.6 Å². The lowest BCUT2D eigenvalue weighted by molar-refractivity contribution is 0.198. The van der Waals surface area contributed by atoms with E-state index in [1.54, 1.807) is 6.26 Å². The van der Waals surface area contributed by atoms with E-state index in [9.17, 15) is 0 Å². The zero-order valence-corrected chi connectivity index (χ0v) is 18.3. The SMILES string of the molecule is CCNC(=NCc1nc(-c2ccco2)n[nH]1)NC1CCN(Cc2cccc(C)c2)CC1. The highest BCUT2D eigenvalue weighted by Gasteiger charge is 2.20. The van der Waals surface area contributed by atoms with Crippen LogP contribution in [0.25, 0.3) is 11.6 Å². The van der Waals surface area contributed by atoms with Crippen molar-refractivity contribution in [2.24, 2.45) is 4.99 Å². The summed E-state index contributed by atoms with van der Waals surface area (Å²) in [6.45, 7) is 8.65. The first-order chi connectivity index (χ1) is 15.2. The van der Waals surface area contributed by atoms with Gasteiger partial charge >= 0.3 is 0 Å². The van der Waals surface area contributed by atoms with Gasteiger partial charge in [0.2, 0.25) is 5.82 Å². The molecule has 0 unspecified atom stereocenters. The Bertz CT molecular complexity index is 971. The lowest BCUT2D eigenvalue weighted by Crippen LogP contribution is -2.48. The number of piperidine rings is 1. The molecule has 1 saturated heterocycles. The van der Waals surface area contributed by atoms with Crippen LogP contribution in [0.3, 0.4) is 0 Å². The van der Waals surface area contributed by atoms with Gasteiger partial charge in [-0.3, -0.25) is 10.00 Å². The van der Waals surface area contributed by atoms with E-state index >= 15 is 0 Å². The second-order valence-corrected chi connectivity index (χ2v) is 7.96. The molecule has 0 bridgehead atoms. The first-order valence-corrected chi connectivity index (χ1v) is 11.0. The number of nitrogens with one attached hydrogen (secondary N) is 3. The molecule has 8 nitrogen and oxygen atoms in total. The van der Waals surface area contributed by atoms with Gasteiger partial charge in [-0.15, -0.1) is 5.10 Å². The molecule has 0 amide bonds. The fourth-order valence-electron chi connectivity index (χ4n) is 3.85. The maximum Gasteiger partial charge on any atom is 0.216 e. The molecule has 1 aliphatic rings. The summed E-state index contributed by atoms with van der Waals surface area (Å²) in [4.78, 5) is 11.7. The van der Waals surface area contributed by atoms with Crippen LogP contribution in [0.15, 0.2) is 52.1 Å². The Hall–Kier alpha value is -3.13. The summed E-state index contributed by atoms with van der Waals surface area (Å²) < 4.78 is 5.34. The van der Waals surface area contributed by atoms with Crippen LogP contribution in [0.1, 0.15) is 36.7 Å². The number of guanidine groups is 1. The molecule has 0 atom stereocenters. The molecule has 31 heavy (non-hydrogen) atoms. The molecule has 3 aromatic rings. The number of aliphatic imine (C=N–C) groups is 1. The number of aromatic nitrogens is 3. The number of furan rings is 1. The average Bonchev–Trinajstić information content (AvgIpc) is 3.46. The molecule has 3 N–H and O–H groups in total. The summed E-state index contributed by atoms with van der Waals surface area (Å²) in [6, 6.07) is 12.9. The number of H-pyrrole nitrogens is 1. The monoisotopic (exact) mass is 421 g/mol. The molecular weight excluding hydrogens is 390 g/mol. The van der Waals surface area contributed by atoms with Crippen LogP contribution in [0.4, 0.5) is 0 Å². The summed E-state index contributed by atoms with van der Waals surface area (Å²) >= 11 is 0. The number of likely N-dealkylation sites (tertiary alicyclic amines) is 1. The van der Waals surface area contributed by atoms with Gasteiger partial charge in [0.25, 0.3) is 0 Å². The van der Waals surface area contributed by atoms with Crippen molar-refractivity contribution in [1.82, 2.24) is 30.7 Å². The highest BCUT2D eigenvalue weighted by Crippen LogP contribution is 2.16. The zero-order valence-electron chi connectivity index (χ0n) is 18.3. The number of hydrogen-bond acceptors (Lipinski definition) is 5. The minimum absolute atomic E-state index is 0.417. The van der Waals surface area contributed by atoms with Crippen molar-refractivity contribution in [3.63, 3.8) is 0 Å². The summed E-state index contributed by atoms with van der Waals surface area (Å²) in [5.74, 6) is 2.72. The largest absolute Gasteiger partial charge is 0.461 e. The molecule has 0 aliphatic carbocycles. The van der Waals surface area contributed by atoms with Crippen LogP contribution in [-0.4, -0.2) is 51.7 Å². The molecule has 8 heteroatoms. The highest BCUT2D eigenvalue weighted by atomic mass is 16.3. The Morgan fingerprint density at radius 3 is 2.87 bits per heavy atom. The molecule has 0 saturated carbocycles. The molecular formula is C23H31N7O. The summed E-state index contributed by atoms with van der Waals surface area (Å²) in [7, 11) is 0. The van der Waals surface area contributed by atoms with Crippen molar-refractivity contribution in [1.29, 1.82) is 0 Å². The second kappa shape index (κ2) is 10.3. The molecule has 0 spiro atoms. The Balaban J connectivity index is 1.28. The van der Waals surface area contributed by atoms with Gasteiger partial charge in [-0.2, -0.15) is 0 Å². The third-order valence-corrected chi connectivity index (χ3v) is 5.42. The van der Waals surface area contributed by atoms with E-state index < -0.39 is 0 Å². The number of aromatic amines is 1. The van der Waals surface area contributed by atoms with Crippen LogP contribution >= 0.6 is 0 Å². The minimum atomic E-state index is 0.417. The second-order valence-electron chi connectivity index (χ2n) is 7.96. The first-order valence-electron chi connectivity index (χ1n) is 11.0. The van der Waals surface area contributed by atoms with E-state index in [1.165, 1.54) is 11.1 Å². The van der Waals surface area contributed by atoms with Gasteiger partial charge in [-0.25, -0.2) is 9.98 Å². The first kappa shape index (κ1) is 21.1. The molecule has 1 aromatic carbocycles. The lowest BCUT2D eigenvalue weighted by atomic mass is 10.0. The molecule has 164 valence electrons. The Morgan fingerprint density at radius 1 is 1.26 bits per heavy atom. The summed E-state index contributed by atoms with van der Waals surface area (Å²) in [6.07, 6.45) is 3.81. The van der Waals surface area contributed by atoms with E-state index in [2.05, 4.69) is 73.8 Å². The standard InChI is InChI=1S/C23H31N7O/c1-3-24-23(25-15-21-27-22(29-28-21)20-8-5-13-31-20)26-19-9-11-30(12-10-19)16-18-7-4-6-17(2)14-18/h4-8,13-14,19H,3,9-12,15-16H2,1-2H3,(H2,24,25,26)(H,27,28,29). The van der Waals surface area contributed by atoms with Crippen LogP contribution in [0.2, 0.25) is 0 Å². The van der Waals surface area contributed by atoms with Crippen LogP contribution in [0.5, 0.6) is 0 Å². The van der Waals surface area contributed by atoms with Gasteiger partial charge in [0.1, 0.15) is 12.4 Å². The van der Waals surface area contributed by atoms with Crippen LogP contribution in [0, 0.1) is 6.92 Å². The quantitative estimate of drug-likeness (QED) is 0.401. The van der Waals surface area contributed by atoms with Gasteiger partial charge in [-0.05, 0) is 44.4 Å². The van der Waals surface area contributed by atoms with E-state index in [0.717, 1.165) is 45.0 Å². The van der Waals surface area contributed by atoms with E-state index in [1.807, 2.05) is 12.1 Å². The molecule has 1 fully saturated rings. The lowest BCUT2D eigenvalue weighted by Gasteiger charge is -2.33. The third-order valence-electron chi connectivity index (χ3n) is 5.42.